The first-order valence-corrected chi connectivity index (χ1v) is 7.08. The Balaban J connectivity index is 2.23. The first-order chi connectivity index (χ1) is 9.81. The highest BCUT2D eigenvalue weighted by atomic mass is 16.4. The number of furan rings is 1. The maximum Gasteiger partial charge on any atom is 0.326 e. The average molecular weight is 294 g/mol. The summed E-state index contributed by atoms with van der Waals surface area (Å²) in [6, 6.07) is 1.07. The molecule has 1 N–H and O–H groups in total. The van der Waals surface area contributed by atoms with Gasteiger partial charge < -0.3 is 19.3 Å². The van der Waals surface area contributed by atoms with Crippen LogP contribution in [0, 0.1) is 13.8 Å². The number of piperidine rings is 1. The maximum absolute atomic E-state index is 12.6. The van der Waals surface area contributed by atoms with Crippen LogP contribution in [0.4, 0.5) is 0 Å². The Hall–Kier alpha value is -1.82. The molecule has 1 aliphatic rings. The van der Waals surface area contributed by atoms with Crippen LogP contribution in [-0.4, -0.2) is 59.5 Å². The molecule has 0 bridgehead atoms. The molecule has 2 rings (SSSR count). The van der Waals surface area contributed by atoms with E-state index in [-0.39, 0.29) is 11.9 Å². The molecule has 2 unspecified atom stereocenters. The molecule has 0 aliphatic carbocycles. The van der Waals surface area contributed by atoms with Crippen molar-refractivity contribution in [1.29, 1.82) is 0 Å². The van der Waals surface area contributed by atoms with Crippen molar-refractivity contribution in [2.75, 3.05) is 20.6 Å². The first kappa shape index (κ1) is 15.6. The van der Waals surface area contributed by atoms with Gasteiger partial charge >= 0.3 is 5.97 Å². The Morgan fingerprint density at radius 2 is 2.05 bits per heavy atom. The van der Waals surface area contributed by atoms with Crippen molar-refractivity contribution in [2.45, 2.75) is 38.8 Å². The van der Waals surface area contributed by atoms with Gasteiger partial charge in [0.25, 0.3) is 5.91 Å². The fraction of sp³-hybridized carbons (Fsp3) is 0.600. The van der Waals surface area contributed by atoms with Crippen molar-refractivity contribution >= 4 is 11.9 Å². The van der Waals surface area contributed by atoms with Gasteiger partial charge in [-0.05, 0) is 46.9 Å². The highest BCUT2D eigenvalue weighted by molar-refractivity contribution is 5.97. The number of likely N-dealkylation sites (tertiary alicyclic amines) is 1. The summed E-state index contributed by atoms with van der Waals surface area (Å²) in [5, 5.41) is 9.44. The van der Waals surface area contributed by atoms with Gasteiger partial charge in [0.2, 0.25) is 0 Å². The summed E-state index contributed by atoms with van der Waals surface area (Å²) in [5.41, 5.74) is 0.460. The third-order valence-electron chi connectivity index (χ3n) is 4.12. The number of carbonyl (C=O) groups is 2. The van der Waals surface area contributed by atoms with E-state index in [2.05, 4.69) is 0 Å². The number of amides is 1. The molecule has 2 heterocycles. The van der Waals surface area contributed by atoms with E-state index in [1.54, 1.807) is 19.9 Å². The van der Waals surface area contributed by atoms with Gasteiger partial charge in [0.05, 0.1) is 5.56 Å². The zero-order valence-corrected chi connectivity index (χ0v) is 12.9. The second-order valence-electron chi connectivity index (χ2n) is 5.82. The first-order valence-electron chi connectivity index (χ1n) is 7.08. The highest BCUT2D eigenvalue weighted by Gasteiger charge is 2.38. The van der Waals surface area contributed by atoms with Crippen molar-refractivity contribution in [1.82, 2.24) is 9.80 Å². The number of carboxylic acids is 1. The van der Waals surface area contributed by atoms with Gasteiger partial charge in [0.1, 0.15) is 17.6 Å². The smallest absolute Gasteiger partial charge is 0.326 e. The summed E-state index contributed by atoms with van der Waals surface area (Å²) in [6.45, 7) is 3.95. The van der Waals surface area contributed by atoms with Crippen molar-refractivity contribution in [3.05, 3.63) is 23.2 Å². The molecule has 1 aromatic heterocycles. The second-order valence-corrected chi connectivity index (χ2v) is 5.82. The Morgan fingerprint density at radius 3 is 2.52 bits per heavy atom. The zero-order chi connectivity index (χ0) is 15.7. The Bertz CT molecular complexity index is 550. The molecule has 1 amide bonds. The normalized spacial score (nSPS) is 22.6. The van der Waals surface area contributed by atoms with Gasteiger partial charge in [-0.25, -0.2) is 4.79 Å². The maximum atomic E-state index is 12.6. The Morgan fingerprint density at radius 1 is 1.38 bits per heavy atom. The van der Waals surface area contributed by atoms with Gasteiger partial charge in [0.15, 0.2) is 0 Å². The van der Waals surface area contributed by atoms with E-state index in [1.807, 2.05) is 19.0 Å². The van der Waals surface area contributed by atoms with Crippen LogP contribution in [0.3, 0.4) is 0 Å². The van der Waals surface area contributed by atoms with Crippen LogP contribution >= 0.6 is 0 Å². The number of carbonyl (C=O) groups excluding carboxylic acids is 1. The lowest BCUT2D eigenvalue weighted by molar-refractivity contribution is -0.144. The number of aryl methyl sites for hydroxylation is 2. The van der Waals surface area contributed by atoms with Gasteiger partial charge in [-0.15, -0.1) is 0 Å². The van der Waals surface area contributed by atoms with E-state index in [1.165, 1.54) is 4.90 Å². The minimum atomic E-state index is -0.951. The van der Waals surface area contributed by atoms with Crippen molar-refractivity contribution in [3.63, 3.8) is 0 Å². The Kier molecular flexibility index (Phi) is 4.37. The van der Waals surface area contributed by atoms with Crippen LogP contribution in [0.15, 0.2) is 10.5 Å². The molecule has 6 nitrogen and oxygen atoms in total. The Labute approximate surface area is 124 Å². The minimum Gasteiger partial charge on any atom is -0.480 e. The zero-order valence-electron chi connectivity index (χ0n) is 12.9. The van der Waals surface area contributed by atoms with Crippen LogP contribution < -0.4 is 0 Å². The summed E-state index contributed by atoms with van der Waals surface area (Å²) in [4.78, 5) is 27.6. The molecule has 1 saturated heterocycles. The van der Waals surface area contributed by atoms with E-state index < -0.39 is 12.0 Å². The number of rotatable bonds is 3. The highest BCUT2D eigenvalue weighted by Crippen LogP contribution is 2.25. The minimum absolute atomic E-state index is 0.183. The van der Waals surface area contributed by atoms with Gasteiger partial charge in [-0.3, -0.25) is 4.79 Å². The van der Waals surface area contributed by atoms with E-state index in [0.717, 1.165) is 6.42 Å². The topological polar surface area (TPSA) is 74.0 Å². The van der Waals surface area contributed by atoms with Crippen LogP contribution in [0.1, 0.15) is 34.7 Å². The quantitative estimate of drug-likeness (QED) is 0.915. The number of carboxylic acid groups (broad SMARTS) is 1. The van der Waals surface area contributed by atoms with E-state index in [0.29, 0.717) is 30.0 Å². The average Bonchev–Trinajstić information content (AvgIpc) is 2.76. The summed E-state index contributed by atoms with van der Waals surface area (Å²) in [6.07, 6.45) is 1.22. The molecule has 0 saturated carbocycles. The second kappa shape index (κ2) is 5.89. The molecule has 1 fully saturated rings. The van der Waals surface area contributed by atoms with Crippen LogP contribution in [-0.2, 0) is 4.79 Å². The summed E-state index contributed by atoms with van der Waals surface area (Å²) >= 11 is 0. The summed E-state index contributed by atoms with van der Waals surface area (Å²) < 4.78 is 5.38. The van der Waals surface area contributed by atoms with E-state index >= 15 is 0 Å². The molecule has 0 aromatic carbocycles. The van der Waals surface area contributed by atoms with Gasteiger partial charge in [-0.1, -0.05) is 0 Å². The van der Waals surface area contributed by atoms with Gasteiger partial charge in [0, 0.05) is 12.6 Å². The predicted octanol–water partition coefficient (Wildman–Crippen LogP) is 1.52. The lowest BCUT2D eigenvalue weighted by Gasteiger charge is -2.39. The third kappa shape index (κ3) is 3.10. The number of hydrogen-bond acceptors (Lipinski definition) is 4. The number of aliphatic carboxylic acids is 1. The van der Waals surface area contributed by atoms with Crippen molar-refractivity contribution in [2.24, 2.45) is 0 Å². The predicted molar refractivity (Wildman–Crippen MR) is 77.4 cm³/mol. The van der Waals surface area contributed by atoms with Gasteiger partial charge in [-0.2, -0.15) is 0 Å². The molecule has 0 spiro atoms. The summed E-state index contributed by atoms with van der Waals surface area (Å²) in [5.74, 6) is -0.0102. The molecule has 1 aliphatic heterocycles. The SMILES string of the molecule is Cc1cc(C(=O)N2CCC(N(C)C)CC2C(=O)O)c(C)o1. The number of nitrogens with zero attached hydrogens (tertiary/aromatic N) is 2. The lowest BCUT2D eigenvalue weighted by Crippen LogP contribution is -2.53. The van der Waals surface area contributed by atoms with Crippen molar-refractivity contribution < 1.29 is 19.1 Å². The van der Waals surface area contributed by atoms with Crippen LogP contribution in [0.5, 0.6) is 0 Å². The largest absolute Gasteiger partial charge is 0.480 e. The van der Waals surface area contributed by atoms with Crippen LogP contribution in [0.2, 0.25) is 0 Å². The van der Waals surface area contributed by atoms with E-state index in [4.69, 9.17) is 4.42 Å². The fourth-order valence-corrected chi connectivity index (χ4v) is 2.89. The molecular formula is C15H22N2O4. The summed E-state index contributed by atoms with van der Waals surface area (Å²) in [7, 11) is 3.87. The molecule has 0 radical (unpaired) electrons. The molecule has 116 valence electrons. The fourth-order valence-electron chi connectivity index (χ4n) is 2.89. The lowest BCUT2D eigenvalue weighted by atomic mass is 9.95. The molecule has 1 aromatic rings. The standard InChI is InChI=1S/C15H22N2O4/c1-9-7-12(10(2)21-9)14(18)17-6-5-11(16(3)4)8-13(17)15(19)20/h7,11,13H,5-6,8H2,1-4H3,(H,19,20). The van der Waals surface area contributed by atoms with Crippen molar-refractivity contribution in [3.8, 4) is 0 Å². The van der Waals surface area contributed by atoms with Crippen LogP contribution in [0.25, 0.3) is 0 Å². The monoisotopic (exact) mass is 294 g/mol. The van der Waals surface area contributed by atoms with E-state index in [9.17, 15) is 14.7 Å². The molecule has 6 heteroatoms. The molecule has 21 heavy (non-hydrogen) atoms. The molecular weight excluding hydrogens is 272 g/mol. The molecule has 2 atom stereocenters. The third-order valence-corrected chi connectivity index (χ3v) is 4.12. The number of hydrogen-bond donors (Lipinski definition) is 1.